The van der Waals surface area contributed by atoms with Crippen molar-refractivity contribution in [1.82, 2.24) is 4.57 Å². The van der Waals surface area contributed by atoms with Crippen molar-refractivity contribution in [1.29, 1.82) is 0 Å². The van der Waals surface area contributed by atoms with Gasteiger partial charge >= 0.3 is 0 Å². The van der Waals surface area contributed by atoms with Gasteiger partial charge in [0.2, 0.25) is 0 Å². The highest BCUT2D eigenvalue weighted by atomic mass is 19.1. The summed E-state index contributed by atoms with van der Waals surface area (Å²) in [7, 11) is 0. The van der Waals surface area contributed by atoms with Crippen LogP contribution in [0.25, 0.3) is 82.8 Å². The van der Waals surface area contributed by atoms with Crippen molar-refractivity contribution < 1.29 is 8.81 Å². The van der Waals surface area contributed by atoms with Crippen molar-refractivity contribution in [2.45, 2.75) is 0 Å². The quantitative estimate of drug-likeness (QED) is 0.162. The Morgan fingerprint density at radius 1 is 0.379 bits per heavy atom. The summed E-state index contributed by atoms with van der Waals surface area (Å²) in [5.41, 5.74) is 14.5. The van der Waals surface area contributed by atoms with E-state index in [9.17, 15) is 4.39 Å². The summed E-state index contributed by atoms with van der Waals surface area (Å²) in [6, 6.07) is 73.1. The van der Waals surface area contributed by atoms with Gasteiger partial charge in [0, 0.05) is 49.9 Å². The average molecular weight is 747 g/mol. The summed E-state index contributed by atoms with van der Waals surface area (Å²) in [4.78, 5) is 2.30. The van der Waals surface area contributed by atoms with Gasteiger partial charge in [0.25, 0.3) is 0 Å². The maximum absolute atomic E-state index is 14.1. The van der Waals surface area contributed by atoms with E-state index < -0.39 is 0 Å². The Bertz CT molecular complexity index is 3250. The lowest BCUT2D eigenvalue weighted by Gasteiger charge is -2.26. The fraction of sp³-hybridized carbons (Fsp3) is 0. The van der Waals surface area contributed by atoms with Crippen molar-refractivity contribution in [2.75, 3.05) is 4.90 Å². The maximum Gasteiger partial charge on any atom is 0.143 e. The van der Waals surface area contributed by atoms with Gasteiger partial charge in [0.15, 0.2) is 0 Å². The molecule has 11 aromatic rings. The van der Waals surface area contributed by atoms with Crippen molar-refractivity contribution in [3.05, 3.63) is 218 Å². The second-order valence-electron chi connectivity index (χ2n) is 14.7. The molecule has 58 heavy (non-hydrogen) atoms. The Labute approximate surface area is 335 Å². The van der Waals surface area contributed by atoms with Crippen LogP contribution in [0.3, 0.4) is 0 Å². The van der Waals surface area contributed by atoms with Gasteiger partial charge in [0.1, 0.15) is 17.0 Å². The molecule has 2 aromatic heterocycles. The van der Waals surface area contributed by atoms with E-state index in [1.165, 1.54) is 12.1 Å². The molecule has 0 atom stereocenters. The molecule has 9 aromatic carbocycles. The van der Waals surface area contributed by atoms with Crippen LogP contribution < -0.4 is 4.90 Å². The highest BCUT2D eigenvalue weighted by Crippen LogP contribution is 2.44. The lowest BCUT2D eigenvalue weighted by Crippen LogP contribution is -2.09. The first-order chi connectivity index (χ1) is 28.7. The number of furan rings is 1. The van der Waals surface area contributed by atoms with Gasteiger partial charge in [0.05, 0.1) is 11.0 Å². The Balaban J connectivity index is 1.13. The van der Waals surface area contributed by atoms with E-state index in [4.69, 9.17) is 4.42 Å². The molecule has 0 unspecified atom stereocenters. The predicted molar refractivity (Wildman–Crippen MR) is 239 cm³/mol. The number of hydrogen-bond donors (Lipinski definition) is 0. The lowest BCUT2D eigenvalue weighted by atomic mass is 9.90. The Hall–Kier alpha value is -7.69. The lowest BCUT2D eigenvalue weighted by molar-refractivity contribution is 0.627. The molecular weight excluding hydrogens is 712 g/mol. The van der Waals surface area contributed by atoms with Gasteiger partial charge in [-0.05, 0) is 113 Å². The molecule has 4 heteroatoms. The van der Waals surface area contributed by atoms with Crippen LogP contribution >= 0.6 is 0 Å². The Morgan fingerprint density at radius 2 is 1.00 bits per heavy atom. The van der Waals surface area contributed by atoms with Crippen LogP contribution in [0.1, 0.15) is 0 Å². The number of benzene rings is 9. The van der Waals surface area contributed by atoms with E-state index in [0.29, 0.717) is 0 Å². The van der Waals surface area contributed by atoms with E-state index in [0.717, 1.165) is 99.9 Å². The number of rotatable bonds is 7. The van der Waals surface area contributed by atoms with E-state index in [1.807, 2.05) is 24.3 Å². The number of hydrogen-bond acceptors (Lipinski definition) is 2. The average Bonchev–Trinajstić information content (AvgIpc) is 3.83. The molecule has 0 aliphatic rings. The van der Waals surface area contributed by atoms with E-state index in [2.05, 4.69) is 185 Å². The zero-order chi connectivity index (χ0) is 38.6. The van der Waals surface area contributed by atoms with Gasteiger partial charge in [-0.15, -0.1) is 0 Å². The minimum absolute atomic E-state index is 0.254. The highest BCUT2D eigenvalue weighted by Gasteiger charge is 2.20. The fourth-order valence-corrected chi connectivity index (χ4v) is 8.59. The third-order valence-corrected chi connectivity index (χ3v) is 11.3. The Kier molecular flexibility index (Phi) is 8.00. The molecular formula is C54H35FN2O. The molecule has 0 aliphatic carbocycles. The van der Waals surface area contributed by atoms with Crippen LogP contribution in [0, 0.1) is 5.82 Å². The van der Waals surface area contributed by atoms with Gasteiger partial charge in [-0.2, -0.15) is 0 Å². The van der Waals surface area contributed by atoms with Crippen LogP contribution in [0.4, 0.5) is 21.5 Å². The molecule has 11 rings (SSSR count). The minimum atomic E-state index is -0.254. The number of aromatic nitrogens is 1. The molecule has 0 aliphatic heterocycles. The van der Waals surface area contributed by atoms with Gasteiger partial charge < -0.3 is 13.9 Å². The third kappa shape index (κ3) is 5.65. The molecule has 0 saturated heterocycles. The van der Waals surface area contributed by atoms with Gasteiger partial charge in [-0.3, -0.25) is 0 Å². The highest BCUT2D eigenvalue weighted by molar-refractivity contribution is 6.12. The van der Waals surface area contributed by atoms with Gasteiger partial charge in [-0.25, -0.2) is 4.39 Å². The normalized spacial score (nSPS) is 11.5. The largest absolute Gasteiger partial charge is 0.455 e. The minimum Gasteiger partial charge on any atom is -0.455 e. The number of anilines is 3. The summed E-state index contributed by atoms with van der Waals surface area (Å²) in [5, 5.41) is 4.48. The molecule has 0 radical (unpaired) electrons. The SMILES string of the molecule is Fc1ccc(-n2c3ccccc3c3ccc(-c4ccc(-c5cccc(N(c6ccccc6)c6ccccc6)c5)c(-c5cccc6c5oc5ccccc56)c4)cc32)cc1. The molecule has 0 saturated carbocycles. The van der Waals surface area contributed by atoms with Crippen molar-refractivity contribution in [3.8, 4) is 39.1 Å². The summed E-state index contributed by atoms with van der Waals surface area (Å²) >= 11 is 0. The second kappa shape index (κ2) is 13.8. The zero-order valence-electron chi connectivity index (χ0n) is 31.4. The van der Waals surface area contributed by atoms with Crippen LogP contribution in [-0.4, -0.2) is 4.57 Å². The number of para-hydroxylation sites is 5. The third-order valence-electron chi connectivity index (χ3n) is 11.3. The molecule has 3 nitrogen and oxygen atoms in total. The molecule has 2 heterocycles. The number of nitrogens with zero attached hydrogens (tertiary/aromatic N) is 2. The summed E-state index contributed by atoms with van der Waals surface area (Å²) < 4.78 is 23.0. The van der Waals surface area contributed by atoms with Crippen LogP contribution in [0.15, 0.2) is 217 Å². The summed E-state index contributed by atoms with van der Waals surface area (Å²) in [6.07, 6.45) is 0. The number of halogens is 1. The summed E-state index contributed by atoms with van der Waals surface area (Å²) in [5.74, 6) is -0.254. The first-order valence-corrected chi connectivity index (χ1v) is 19.5. The monoisotopic (exact) mass is 746 g/mol. The van der Waals surface area contributed by atoms with Crippen LogP contribution in [0.5, 0.6) is 0 Å². The maximum atomic E-state index is 14.1. The number of fused-ring (bicyclic) bond motifs is 6. The zero-order valence-corrected chi connectivity index (χ0v) is 31.4. The van der Waals surface area contributed by atoms with E-state index in [1.54, 1.807) is 0 Å². The van der Waals surface area contributed by atoms with Crippen molar-refractivity contribution in [2.24, 2.45) is 0 Å². The van der Waals surface area contributed by atoms with Crippen LogP contribution in [-0.2, 0) is 0 Å². The van der Waals surface area contributed by atoms with Crippen LogP contribution in [0.2, 0.25) is 0 Å². The predicted octanol–water partition coefficient (Wildman–Crippen LogP) is 15.3. The van der Waals surface area contributed by atoms with E-state index in [-0.39, 0.29) is 5.82 Å². The van der Waals surface area contributed by atoms with E-state index >= 15 is 0 Å². The molecule has 0 N–H and O–H groups in total. The van der Waals surface area contributed by atoms with Crippen molar-refractivity contribution in [3.63, 3.8) is 0 Å². The first kappa shape index (κ1) is 33.6. The molecule has 0 spiro atoms. The molecule has 0 fully saturated rings. The standard InChI is InChI=1S/C54H35FN2O/c55-39-27-29-42(30-28-39)57-51-23-9-7-19-45(51)46-32-26-37(35-52(46)57)36-25-31-44(50(34-36)49-22-12-21-48-47-20-8-10-24-53(47)58-54(48)49)38-13-11-18-43(33-38)56(40-14-3-1-4-15-40)41-16-5-2-6-17-41/h1-35H. The molecule has 274 valence electrons. The second-order valence-corrected chi connectivity index (χ2v) is 14.7. The first-order valence-electron chi connectivity index (χ1n) is 19.5. The van der Waals surface area contributed by atoms with Gasteiger partial charge in [-0.1, -0.05) is 127 Å². The van der Waals surface area contributed by atoms with Crippen molar-refractivity contribution >= 4 is 60.8 Å². The molecule has 0 bridgehead atoms. The topological polar surface area (TPSA) is 21.3 Å². The Morgan fingerprint density at radius 3 is 1.79 bits per heavy atom. The smallest absolute Gasteiger partial charge is 0.143 e. The molecule has 0 amide bonds. The fourth-order valence-electron chi connectivity index (χ4n) is 8.59. The summed E-state index contributed by atoms with van der Waals surface area (Å²) in [6.45, 7) is 0.